The van der Waals surface area contributed by atoms with Crippen molar-refractivity contribution in [3.63, 3.8) is 0 Å². The van der Waals surface area contributed by atoms with Gasteiger partial charge in [-0.2, -0.15) is 0 Å². The highest BCUT2D eigenvalue weighted by molar-refractivity contribution is 14.1. The van der Waals surface area contributed by atoms with Gasteiger partial charge in [0.2, 0.25) is 0 Å². The fourth-order valence-corrected chi connectivity index (χ4v) is 0.476. The second-order valence-corrected chi connectivity index (χ2v) is 3.10. The standard InChI is InChI=1S/C5H6Cl2IN/c1-4(6)5(7)9-3-2-8/h2-4H,1H3/b3-2-,9-5?. The van der Waals surface area contributed by atoms with Crippen molar-refractivity contribution in [2.75, 3.05) is 0 Å². The van der Waals surface area contributed by atoms with E-state index in [2.05, 4.69) is 27.6 Å². The first-order chi connectivity index (χ1) is 4.18. The minimum Gasteiger partial charge on any atom is -0.247 e. The predicted octanol–water partition coefficient (Wildman–Crippen LogP) is 3.16. The van der Waals surface area contributed by atoms with Gasteiger partial charge in [-0.3, -0.25) is 0 Å². The number of aliphatic imine (C=N–C) groups is 1. The van der Waals surface area contributed by atoms with E-state index in [-0.39, 0.29) is 5.38 Å². The summed E-state index contributed by atoms with van der Waals surface area (Å²) < 4.78 is 1.76. The Kier molecular flexibility index (Phi) is 5.94. The molecule has 0 aromatic carbocycles. The first-order valence-electron chi connectivity index (χ1n) is 2.31. The summed E-state index contributed by atoms with van der Waals surface area (Å²) in [5.41, 5.74) is 0. The zero-order valence-corrected chi connectivity index (χ0v) is 8.48. The van der Waals surface area contributed by atoms with Gasteiger partial charge >= 0.3 is 0 Å². The molecule has 0 aromatic heterocycles. The van der Waals surface area contributed by atoms with Crippen molar-refractivity contribution >= 4 is 51.0 Å². The number of nitrogens with zero attached hydrogens (tertiary/aromatic N) is 1. The van der Waals surface area contributed by atoms with Crippen molar-refractivity contribution in [3.8, 4) is 0 Å². The van der Waals surface area contributed by atoms with E-state index in [0.717, 1.165) is 0 Å². The molecule has 0 N–H and O–H groups in total. The molecule has 0 amide bonds. The summed E-state index contributed by atoms with van der Waals surface area (Å²) in [6, 6.07) is 0. The Morgan fingerprint density at radius 1 is 1.78 bits per heavy atom. The summed E-state index contributed by atoms with van der Waals surface area (Å²) >= 11 is 13.2. The molecular weight excluding hydrogens is 272 g/mol. The minimum absolute atomic E-state index is 0.195. The molecule has 0 spiro atoms. The highest BCUT2D eigenvalue weighted by Crippen LogP contribution is 2.02. The van der Waals surface area contributed by atoms with Gasteiger partial charge in [0.25, 0.3) is 0 Å². The van der Waals surface area contributed by atoms with Gasteiger partial charge in [-0.1, -0.05) is 34.2 Å². The molecule has 0 bridgehead atoms. The highest BCUT2D eigenvalue weighted by Gasteiger charge is 1.99. The first kappa shape index (κ1) is 9.72. The van der Waals surface area contributed by atoms with Gasteiger partial charge < -0.3 is 0 Å². The summed E-state index contributed by atoms with van der Waals surface area (Å²) in [7, 11) is 0. The lowest BCUT2D eigenvalue weighted by atomic mass is 10.5. The average molecular weight is 278 g/mol. The smallest absolute Gasteiger partial charge is 0.123 e. The third kappa shape index (κ3) is 5.18. The minimum atomic E-state index is -0.195. The normalized spacial score (nSPS) is 16.7. The molecule has 0 heterocycles. The molecule has 0 aromatic rings. The maximum Gasteiger partial charge on any atom is 0.123 e. The lowest BCUT2D eigenvalue weighted by Crippen LogP contribution is -2.00. The quantitative estimate of drug-likeness (QED) is 0.418. The second kappa shape index (κ2) is 5.50. The Balaban J connectivity index is 3.84. The Labute approximate surface area is 78.3 Å². The Morgan fingerprint density at radius 2 is 2.33 bits per heavy atom. The van der Waals surface area contributed by atoms with Gasteiger partial charge in [0.15, 0.2) is 0 Å². The molecule has 0 aliphatic heterocycles. The zero-order valence-electron chi connectivity index (χ0n) is 4.81. The van der Waals surface area contributed by atoms with E-state index in [4.69, 9.17) is 23.2 Å². The van der Waals surface area contributed by atoms with E-state index < -0.39 is 0 Å². The Bertz CT molecular complexity index is 131. The van der Waals surface area contributed by atoms with E-state index in [9.17, 15) is 0 Å². The van der Waals surface area contributed by atoms with Crippen molar-refractivity contribution in [3.05, 3.63) is 10.3 Å². The molecule has 52 valence electrons. The molecule has 0 aliphatic rings. The number of hydrogen-bond acceptors (Lipinski definition) is 1. The van der Waals surface area contributed by atoms with Gasteiger partial charge in [-0.05, 0) is 11.0 Å². The van der Waals surface area contributed by atoms with Gasteiger partial charge in [-0.25, -0.2) is 4.99 Å². The third-order valence-corrected chi connectivity index (χ3v) is 1.65. The monoisotopic (exact) mass is 277 g/mol. The summed E-state index contributed by atoms with van der Waals surface area (Å²) in [6.45, 7) is 1.77. The molecule has 0 saturated heterocycles. The predicted molar refractivity (Wildman–Crippen MR) is 51.8 cm³/mol. The van der Waals surface area contributed by atoms with Gasteiger partial charge in [-0.15, -0.1) is 11.6 Å². The van der Waals surface area contributed by atoms with Crippen LogP contribution in [-0.2, 0) is 0 Å². The third-order valence-electron chi connectivity index (χ3n) is 0.582. The van der Waals surface area contributed by atoms with Crippen molar-refractivity contribution < 1.29 is 0 Å². The van der Waals surface area contributed by atoms with Crippen LogP contribution in [0.15, 0.2) is 15.3 Å². The van der Waals surface area contributed by atoms with Crippen LogP contribution in [0.3, 0.4) is 0 Å². The van der Waals surface area contributed by atoms with Crippen LogP contribution in [-0.4, -0.2) is 10.5 Å². The highest BCUT2D eigenvalue weighted by atomic mass is 127. The summed E-state index contributed by atoms with van der Waals surface area (Å²) in [5, 5.41) is 0.226. The van der Waals surface area contributed by atoms with Crippen LogP contribution in [0.4, 0.5) is 0 Å². The van der Waals surface area contributed by atoms with Crippen molar-refractivity contribution in [2.45, 2.75) is 12.3 Å². The molecule has 1 nitrogen and oxygen atoms in total. The van der Waals surface area contributed by atoms with Crippen LogP contribution in [0.25, 0.3) is 0 Å². The van der Waals surface area contributed by atoms with Crippen LogP contribution in [0.1, 0.15) is 6.92 Å². The van der Waals surface area contributed by atoms with Crippen LogP contribution < -0.4 is 0 Å². The SMILES string of the molecule is CC(Cl)C(Cl)=N/C=C\I. The van der Waals surface area contributed by atoms with E-state index in [1.807, 2.05) is 0 Å². The Hall–Kier alpha value is 0.720. The van der Waals surface area contributed by atoms with E-state index in [1.165, 1.54) is 0 Å². The fraction of sp³-hybridized carbons (Fsp3) is 0.400. The lowest BCUT2D eigenvalue weighted by molar-refractivity contribution is 1.30. The average Bonchev–Trinajstić information content (AvgIpc) is 1.82. The van der Waals surface area contributed by atoms with Crippen LogP contribution in [0.5, 0.6) is 0 Å². The van der Waals surface area contributed by atoms with Gasteiger partial charge in [0, 0.05) is 6.20 Å². The van der Waals surface area contributed by atoms with Gasteiger partial charge in [0.05, 0.1) is 5.38 Å². The molecule has 0 rings (SSSR count). The maximum absolute atomic E-state index is 5.56. The lowest BCUT2D eigenvalue weighted by Gasteiger charge is -1.94. The van der Waals surface area contributed by atoms with E-state index >= 15 is 0 Å². The molecular formula is C5H6Cl2IN. The van der Waals surface area contributed by atoms with Crippen LogP contribution >= 0.6 is 45.8 Å². The summed E-state index contributed by atoms with van der Waals surface area (Å²) in [6.07, 6.45) is 1.60. The molecule has 0 saturated carbocycles. The molecule has 1 unspecified atom stereocenters. The number of alkyl halides is 1. The summed E-state index contributed by atoms with van der Waals surface area (Å²) in [5.74, 6) is 0. The largest absolute Gasteiger partial charge is 0.247 e. The second-order valence-electron chi connectivity index (χ2n) is 1.34. The molecule has 1 atom stereocenters. The molecule has 0 fully saturated rings. The number of halogens is 3. The van der Waals surface area contributed by atoms with Gasteiger partial charge in [0.1, 0.15) is 5.17 Å². The molecule has 4 heteroatoms. The number of rotatable bonds is 2. The van der Waals surface area contributed by atoms with E-state index in [1.54, 1.807) is 17.2 Å². The topological polar surface area (TPSA) is 12.4 Å². The van der Waals surface area contributed by atoms with Crippen molar-refractivity contribution in [2.24, 2.45) is 4.99 Å². The van der Waals surface area contributed by atoms with Crippen molar-refractivity contribution in [1.82, 2.24) is 0 Å². The maximum atomic E-state index is 5.56. The zero-order chi connectivity index (χ0) is 7.28. The Morgan fingerprint density at radius 3 is 2.67 bits per heavy atom. The molecule has 0 aliphatic carbocycles. The van der Waals surface area contributed by atoms with Crippen molar-refractivity contribution in [1.29, 1.82) is 0 Å². The first-order valence-corrected chi connectivity index (χ1v) is 4.37. The van der Waals surface area contributed by atoms with Crippen LogP contribution in [0.2, 0.25) is 0 Å². The molecule has 9 heavy (non-hydrogen) atoms. The van der Waals surface area contributed by atoms with Crippen LogP contribution in [0, 0.1) is 0 Å². The summed E-state index contributed by atoms with van der Waals surface area (Å²) in [4.78, 5) is 3.80. The fourth-order valence-electron chi connectivity index (χ4n) is 0.202. The number of hydrogen-bond donors (Lipinski definition) is 0. The van der Waals surface area contributed by atoms with E-state index in [0.29, 0.717) is 5.17 Å². The molecule has 0 radical (unpaired) electrons.